The van der Waals surface area contributed by atoms with E-state index in [4.69, 9.17) is 10.5 Å². The Kier molecular flexibility index (Phi) is 5.63. The SMILES string of the molecule is CCCOC1CCCN(C(CN)c2cccs2)C1. The maximum Gasteiger partial charge on any atom is 0.0702 e. The molecule has 0 radical (unpaired) electrons. The van der Waals surface area contributed by atoms with E-state index in [9.17, 15) is 0 Å². The molecule has 0 saturated carbocycles. The summed E-state index contributed by atoms with van der Waals surface area (Å²) in [6.45, 7) is 5.91. The summed E-state index contributed by atoms with van der Waals surface area (Å²) >= 11 is 1.81. The van der Waals surface area contributed by atoms with E-state index in [2.05, 4.69) is 29.3 Å². The third-order valence-electron chi connectivity index (χ3n) is 3.50. The molecule has 2 N–H and O–H groups in total. The Morgan fingerprint density at radius 3 is 3.17 bits per heavy atom. The molecule has 2 atom stereocenters. The summed E-state index contributed by atoms with van der Waals surface area (Å²) in [6.07, 6.45) is 3.91. The molecule has 0 bridgehead atoms. The highest BCUT2D eigenvalue weighted by atomic mass is 32.1. The van der Waals surface area contributed by atoms with Crippen molar-refractivity contribution in [2.75, 3.05) is 26.2 Å². The Morgan fingerprint density at radius 1 is 1.61 bits per heavy atom. The zero-order chi connectivity index (χ0) is 12.8. The van der Waals surface area contributed by atoms with Crippen molar-refractivity contribution >= 4 is 11.3 Å². The monoisotopic (exact) mass is 268 g/mol. The molecule has 1 fully saturated rings. The number of hydrogen-bond donors (Lipinski definition) is 1. The summed E-state index contributed by atoms with van der Waals surface area (Å²) in [6, 6.07) is 4.68. The zero-order valence-corrected chi connectivity index (χ0v) is 12.0. The van der Waals surface area contributed by atoms with Crippen molar-refractivity contribution in [2.24, 2.45) is 5.73 Å². The van der Waals surface area contributed by atoms with Crippen LogP contribution in [0.4, 0.5) is 0 Å². The van der Waals surface area contributed by atoms with Gasteiger partial charge in [-0.2, -0.15) is 0 Å². The first-order chi connectivity index (χ1) is 8.85. The summed E-state index contributed by atoms with van der Waals surface area (Å²) < 4.78 is 5.90. The van der Waals surface area contributed by atoms with E-state index in [1.165, 1.54) is 17.7 Å². The predicted molar refractivity (Wildman–Crippen MR) is 77.0 cm³/mol. The van der Waals surface area contributed by atoms with E-state index >= 15 is 0 Å². The van der Waals surface area contributed by atoms with Gasteiger partial charge in [-0.05, 0) is 37.3 Å². The summed E-state index contributed by atoms with van der Waals surface area (Å²) in [5.74, 6) is 0. The van der Waals surface area contributed by atoms with Gasteiger partial charge in [0.15, 0.2) is 0 Å². The van der Waals surface area contributed by atoms with Crippen molar-refractivity contribution in [3.63, 3.8) is 0 Å². The maximum absolute atomic E-state index is 5.96. The van der Waals surface area contributed by atoms with Gasteiger partial charge in [-0.15, -0.1) is 11.3 Å². The average molecular weight is 268 g/mol. The molecule has 1 saturated heterocycles. The largest absolute Gasteiger partial charge is 0.377 e. The lowest BCUT2D eigenvalue weighted by molar-refractivity contribution is -0.0114. The second-order valence-corrected chi connectivity index (χ2v) is 5.88. The van der Waals surface area contributed by atoms with Gasteiger partial charge in [-0.1, -0.05) is 13.0 Å². The van der Waals surface area contributed by atoms with Crippen LogP contribution in [0, 0.1) is 0 Å². The number of nitrogens with zero attached hydrogens (tertiary/aromatic N) is 1. The molecule has 0 aromatic carbocycles. The highest BCUT2D eigenvalue weighted by Gasteiger charge is 2.26. The molecule has 2 heterocycles. The molecule has 2 rings (SSSR count). The van der Waals surface area contributed by atoms with Crippen molar-refractivity contribution < 1.29 is 4.74 Å². The quantitative estimate of drug-likeness (QED) is 0.862. The lowest BCUT2D eigenvalue weighted by Crippen LogP contribution is -2.43. The van der Waals surface area contributed by atoms with Crippen LogP contribution in [0.3, 0.4) is 0 Å². The number of nitrogens with two attached hydrogens (primary N) is 1. The Bertz CT molecular complexity index is 329. The fraction of sp³-hybridized carbons (Fsp3) is 0.714. The van der Waals surface area contributed by atoms with Crippen molar-refractivity contribution in [2.45, 2.75) is 38.3 Å². The van der Waals surface area contributed by atoms with Crippen molar-refractivity contribution in [3.8, 4) is 0 Å². The van der Waals surface area contributed by atoms with Crippen LogP contribution in [-0.4, -0.2) is 37.2 Å². The van der Waals surface area contributed by atoms with Gasteiger partial charge in [-0.25, -0.2) is 0 Å². The van der Waals surface area contributed by atoms with E-state index < -0.39 is 0 Å². The Morgan fingerprint density at radius 2 is 2.50 bits per heavy atom. The first kappa shape index (κ1) is 14.0. The number of thiophene rings is 1. The third-order valence-corrected chi connectivity index (χ3v) is 4.48. The second-order valence-electron chi connectivity index (χ2n) is 4.90. The van der Waals surface area contributed by atoms with Crippen LogP contribution in [0.5, 0.6) is 0 Å². The normalized spacial score (nSPS) is 23.1. The van der Waals surface area contributed by atoms with Crippen molar-refractivity contribution in [1.29, 1.82) is 0 Å². The number of piperidine rings is 1. The van der Waals surface area contributed by atoms with E-state index in [1.807, 2.05) is 0 Å². The first-order valence-electron chi connectivity index (χ1n) is 6.94. The molecule has 1 aliphatic heterocycles. The zero-order valence-electron chi connectivity index (χ0n) is 11.2. The van der Waals surface area contributed by atoms with E-state index in [0.717, 1.165) is 26.1 Å². The third kappa shape index (κ3) is 3.54. The molecule has 4 heteroatoms. The molecule has 1 aromatic rings. The van der Waals surface area contributed by atoms with E-state index in [0.29, 0.717) is 18.7 Å². The van der Waals surface area contributed by atoms with E-state index in [1.54, 1.807) is 11.3 Å². The summed E-state index contributed by atoms with van der Waals surface area (Å²) in [4.78, 5) is 3.88. The number of ether oxygens (including phenoxy) is 1. The van der Waals surface area contributed by atoms with E-state index in [-0.39, 0.29) is 0 Å². The van der Waals surface area contributed by atoms with Gasteiger partial charge in [0.25, 0.3) is 0 Å². The van der Waals surface area contributed by atoms with Crippen molar-refractivity contribution in [1.82, 2.24) is 4.90 Å². The van der Waals surface area contributed by atoms with Gasteiger partial charge in [0.05, 0.1) is 12.1 Å². The minimum absolute atomic E-state index is 0.373. The molecule has 0 aliphatic carbocycles. The maximum atomic E-state index is 5.96. The fourth-order valence-electron chi connectivity index (χ4n) is 2.60. The standard InChI is InChI=1S/C14H24N2OS/c1-2-8-17-12-5-3-7-16(11-12)13(10-15)14-6-4-9-18-14/h4,6,9,12-13H,2-3,5,7-8,10-11,15H2,1H3. The molecule has 1 aliphatic rings. The lowest BCUT2D eigenvalue weighted by atomic mass is 10.0. The topological polar surface area (TPSA) is 38.5 Å². The van der Waals surface area contributed by atoms with Gasteiger partial charge in [0, 0.05) is 24.6 Å². The number of likely N-dealkylation sites (tertiary alicyclic amines) is 1. The molecular weight excluding hydrogens is 244 g/mol. The minimum Gasteiger partial charge on any atom is -0.377 e. The fourth-order valence-corrected chi connectivity index (χ4v) is 3.47. The predicted octanol–water partition coefficient (Wildman–Crippen LogP) is 2.64. The lowest BCUT2D eigenvalue weighted by Gasteiger charge is -2.37. The van der Waals surface area contributed by atoms with Crippen LogP contribution < -0.4 is 5.73 Å². The summed E-state index contributed by atoms with van der Waals surface area (Å²) in [7, 11) is 0. The molecule has 0 amide bonds. The highest BCUT2D eigenvalue weighted by molar-refractivity contribution is 7.10. The highest BCUT2D eigenvalue weighted by Crippen LogP contribution is 2.27. The first-order valence-corrected chi connectivity index (χ1v) is 7.82. The molecule has 3 nitrogen and oxygen atoms in total. The van der Waals surface area contributed by atoms with Crippen LogP contribution in [0.25, 0.3) is 0 Å². The molecule has 18 heavy (non-hydrogen) atoms. The molecule has 0 spiro atoms. The molecular formula is C14H24N2OS. The average Bonchev–Trinajstić information content (AvgIpc) is 2.92. The Labute approximate surface area is 114 Å². The minimum atomic E-state index is 0.373. The number of hydrogen-bond acceptors (Lipinski definition) is 4. The van der Waals surface area contributed by atoms with Crippen molar-refractivity contribution in [3.05, 3.63) is 22.4 Å². The number of rotatable bonds is 6. The van der Waals surface area contributed by atoms with Gasteiger partial charge in [0.1, 0.15) is 0 Å². The molecule has 2 unspecified atom stereocenters. The summed E-state index contributed by atoms with van der Waals surface area (Å²) in [5.41, 5.74) is 5.96. The van der Waals surface area contributed by atoms with Crippen LogP contribution in [-0.2, 0) is 4.74 Å². The second kappa shape index (κ2) is 7.24. The Balaban J connectivity index is 1.94. The van der Waals surface area contributed by atoms with Crippen LogP contribution in [0.2, 0.25) is 0 Å². The van der Waals surface area contributed by atoms with Gasteiger partial charge >= 0.3 is 0 Å². The van der Waals surface area contributed by atoms with Gasteiger partial charge in [-0.3, -0.25) is 4.90 Å². The van der Waals surface area contributed by atoms with Gasteiger partial charge in [0.2, 0.25) is 0 Å². The van der Waals surface area contributed by atoms with Gasteiger partial charge < -0.3 is 10.5 Å². The van der Waals surface area contributed by atoms with Crippen LogP contribution >= 0.6 is 11.3 Å². The Hall–Kier alpha value is -0.420. The van der Waals surface area contributed by atoms with Crippen LogP contribution in [0.1, 0.15) is 37.1 Å². The van der Waals surface area contributed by atoms with Crippen LogP contribution in [0.15, 0.2) is 17.5 Å². The molecule has 1 aromatic heterocycles. The molecule has 102 valence electrons. The summed E-state index contributed by atoms with van der Waals surface area (Å²) in [5, 5.41) is 2.13. The smallest absolute Gasteiger partial charge is 0.0702 e.